The predicted octanol–water partition coefficient (Wildman–Crippen LogP) is 5.99. The summed E-state index contributed by atoms with van der Waals surface area (Å²) in [5, 5.41) is 2.21. The highest BCUT2D eigenvalue weighted by atomic mass is 32.1. The zero-order valence-corrected chi connectivity index (χ0v) is 11.7. The first-order valence-electron chi connectivity index (χ1n) is 6.91. The van der Waals surface area contributed by atoms with Crippen LogP contribution in [0.1, 0.15) is 76.0 Å². The van der Waals surface area contributed by atoms with E-state index >= 15 is 0 Å². The molecular formula is C15H26S. The number of rotatable bonds is 9. The first-order chi connectivity index (χ1) is 7.88. The van der Waals surface area contributed by atoms with Gasteiger partial charge < -0.3 is 0 Å². The number of hydrogen-bond donors (Lipinski definition) is 0. The average molecular weight is 238 g/mol. The number of thiophene rings is 1. The fourth-order valence-electron chi connectivity index (χ4n) is 2.24. The van der Waals surface area contributed by atoms with Gasteiger partial charge in [0.15, 0.2) is 0 Å². The Morgan fingerprint density at radius 3 is 2.44 bits per heavy atom. The molecule has 0 aliphatic rings. The molecule has 0 fully saturated rings. The minimum Gasteiger partial charge on any atom is -0.149 e. The Balaban J connectivity index is 2.11. The molecule has 0 aliphatic carbocycles. The lowest BCUT2D eigenvalue weighted by Crippen LogP contribution is -1.94. The van der Waals surface area contributed by atoms with E-state index in [9.17, 15) is 0 Å². The second-order valence-electron chi connectivity index (χ2n) is 4.68. The van der Waals surface area contributed by atoms with Gasteiger partial charge in [0.2, 0.25) is 0 Å². The van der Waals surface area contributed by atoms with Crippen LogP contribution in [0.25, 0.3) is 0 Å². The summed E-state index contributed by atoms with van der Waals surface area (Å²) in [4.78, 5) is 1.59. The summed E-state index contributed by atoms with van der Waals surface area (Å²) >= 11 is 1.93. The Morgan fingerprint density at radius 2 is 1.81 bits per heavy atom. The second-order valence-corrected chi connectivity index (χ2v) is 5.66. The van der Waals surface area contributed by atoms with Crippen molar-refractivity contribution in [3.63, 3.8) is 0 Å². The molecule has 1 heteroatoms. The molecule has 0 spiro atoms. The molecule has 16 heavy (non-hydrogen) atoms. The maximum absolute atomic E-state index is 2.32. The fourth-order valence-corrected chi connectivity index (χ4v) is 3.19. The van der Waals surface area contributed by atoms with E-state index in [2.05, 4.69) is 31.4 Å². The molecule has 1 rings (SSSR count). The van der Waals surface area contributed by atoms with Gasteiger partial charge in [-0.2, -0.15) is 0 Å². The Kier molecular flexibility index (Phi) is 7.58. The van der Waals surface area contributed by atoms with Crippen LogP contribution in [0.15, 0.2) is 17.5 Å². The quantitative estimate of drug-likeness (QED) is 0.463. The Hall–Kier alpha value is -0.300. The van der Waals surface area contributed by atoms with Crippen LogP contribution >= 0.6 is 11.3 Å². The van der Waals surface area contributed by atoms with E-state index in [1.54, 1.807) is 4.88 Å². The molecular weight excluding hydrogens is 212 g/mol. The third kappa shape index (κ3) is 5.16. The van der Waals surface area contributed by atoms with Gasteiger partial charge in [-0.05, 0) is 30.2 Å². The van der Waals surface area contributed by atoms with E-state index in [-0.39, 0.29) is 0 Å². The minimum atomic E-state index is 0.825. The van der Waals surface area contributed by atoms with Gasteiger partial charge in [-0.25, -0.2) is 0 Å². The first kappa shape index (κ1) is 13.8. The normalized spacial score (nSPS) is 12.9. The zero-order valence-electron chi connectivity index (χ0n) is 10.9. The molecule has 0 saturated carbocycles. The standard InChI is InChI=1S/C15H26S/c1-3-5-6-7-8-9-11-14(4-2)15-12-10-13-16-15/h10,12-14H,3-9,11H2,1-2H3. The van der Waals surface area contributed by atoms with E-state index in [0.717, 1.165) is 5.92 Å². The lowest BCUT2D eigenvalue weighted by molar-refractivity contribution is 0.534. The topological polar surface area (TPSA) is 0 Å². The van der Waals surface area contributed by atoms with Gasteiger partial charge in [-0.1, -0.05) is 58.4 Å². The average Bonchev–Trinajstić information content (AvgIpc) is 2.82. The van der Waals surface area contributed by atoms with Crippen LogP contribution in [0.3, 0.4) is 0 Å². The highest BCUT2D eigenvalue weighted by Gasteiger charge is 2.09. The van der Waals surface area contributed by atoms with Crippen molar-refractivity contribution in [2.75, 3.05) is 0 Å². The molecule has 92 valence electrons. The van der Waals surface area contributed by atoms with Crippen molar-refractivity contribution in [3.8, 4) is 0 Å². The molecule has 1 aromatic heterocycles. The van der Waals surface area contributed by atoms with Gasteiger partial charge in [0.1, 0.15) is 0 Å². The lowest BCUT2D eigenvalue weighted by Gasteiger charge is -2.12. The molecule has 0 aliphatic heterocycles. The third-order valence-electron chi connectivity index (χ3n) is 3.34. The summed E-state index contributed by atoms with van der Waals surface area (Å²) in [7, 11) is 0. The molecule has 0 saturated heterocycles. The molecule has 0 bridgehead atoms. The summed E-state index contributed by atoms with van der Waals surface area (Å²) < 4.78 is 0. The molecule has 0 amide bonds. The third-order valence-corrected chi connectivity index (χ3v) is 4.38. The van der Waals surface area contributed by atoms with Crippen molar-refractivity contribution in [2.24, 2.45) is 0 Å². The van der Waals surface area contributed by atoms with Gasteiger partial charge in [-0.15, -0.1) is 11.3 Å². The van der Waals surface area contributed by atoms with Gasteiger partial charge in [0.25, 0.3) is 0 Å². The van der Waals surface area contributed by atoms with Crippen molar-refractivity contribution in [3.05, 3.63) is 22.4 Å². The van der Waals surface area contributed by atoms with Crippen molar-refractivity contribution in [1.82, 2.24) is 0 Å². The number of unbranched alkanes of at least 4 members (excludes halogenated alkanes) is 5. The van der Waals surface area contributed by atoms with Gasteiger partial charge >= 0.3 is 0 Å². The van der Waals surface area contributed by atoms with E-state index in [1.165, 1.54) is 51.4 Å². The van der Waals surface area contributed by atoms with Crippen LogP contribution in [-0.2, 0) is 0 Å². The van der Waals surface area contributed by atoms with Crippen LogP contribution in [-0.4, -0.2) is 0 Å². The minimum absolute atomic E-state index is 0.825. The molecule has 1 unspecified atom stereocenters. The van der Waals surface area contributed by atoms with Crippen molar-refractivity contribution >= 4 is 11.3 Å². The van der Waals surface area contributed by atoms with Crippen LogP contribution in [0, 0.1) is 0 Å². The van der Waals surface area contributed by atoms with E-state index < -0.39 is 0 Å². The smallest absolute Gasteiger partial charge is 0.00760 e. The van der Waals surface area contributed by atoms with E-state index in [0.29, 0.717) is 0 Å². The predicted molar refractivity (Wildman–Crippen MR) is 75.3 cm³/mol. The van der Waals surface area contributed by atoms with Crippen molar-refractivity contribution in [1.29, 1.82) is 0 Å². The fraction of sp³-hybridized carbons (Fsp3) is 0.733. The zero-order chi connectivity index (χ0) is 11.6. The summed E-state index contributed by atoms with van der Waals surface area (Å²) in [6.45, 7) is 4.60. The van der Waals surface area contributed by atoms with E-state index in [1.807, 2.05) is 11.3 Å². The molecule has 1 atom stereocenters. The van der Waals surface area contributed by atoms with Gasteiger partial charge in [-0.3, -0.25) is 0 Å². The molecule has 1 heterocycles. The highest BCUT2D eigenvalue weighted by Crippen LogP contribution is 2.29. The SMILES string of the molecule is CCCCCCCCC(CC)c1cccs1. The Bertz CT molecular complexity index is 238. The number of hydrogen-bond acceptors (Lipinski definition) is 1. The molecule has 0 radical (unpaired) electrons. The Morgan fingerprint density at radius 1 is 1.06 bits per heavy atom. The summed E-state index contributed by atoms with van der Waals surface area (Å²) in [5.74, 6) is 0.825. The molecule has 0 N–H and O–H groups in total. The maximum atomic E-state index is 2.32. The van der Waals surface area contributed by atoms with Gasteiger partial charge in [0.05, 0.1) is 0 Å². The Labute approximate surface area is 105 Å². The largest absolute Gasteiger partial charge is 0.149 e. The molecule has 0 aromatic carbocycles. The first-order valence-corrected chi connectivity index (χ1v) is 7.79. The van der Waals surface area contributed by atoms with Crippen molar-refractivity contribution < 1.29 is 0 Å². The summed E-state index contributed by atoms with van der Waals surface area (Å²) in [6, 6.07) is 4.49. The van der Waals surface area contributed by atoms with E-state index in [4.69, 9.17) is 0 Å². The molecule has 1 aromatic rings. The summed E-state index contributed by atoms with van der Waals surface area (Å²) in [5.41, 5.74) is 0. The second kappa shape index (κ2) is 8.81. The van der Waals surface area contributed by atoms with Crippen molar-refractivity contribution in [2.45, 2.75) is 71.1 Å². The molecule has 0 nitrogen and oxygen atoms in total. The van der Waals surface area contributed by atoms with Crippen LogP contribution in [0.4, 0.5) is 0 Å². The summed E-state index contributed by atoms with van der Waals surface area (Å²) in [6.07, 6.45) is 11.2. The van der Waals surface area contributed by atoms with Gasteiger partial charge in [0, 0.05) is 4.88 Å². The van der Waals surface area contributed by atoms with Crippen LogP contribution < -0.4 is 0 Å². The lowest BCUT2D eigenvalue weighted by atomic mass is 9.96. The monoisotopic (exact) mass is 238 g/mol. The van der Waals surface area contributed by atoms with Crippen LogP contribution in [0.2, 0.25) is 0 Å². The maximum Gasteiger partial charge on any atom is 0.00760 e. The van der Waals surface area contributed by atoms with Crippen LogP contribution in [0.5, 0.6) is 0 Å². The highest BCUT2D eigenvalue weighted by molar-refractivity contribution is 7.10.